The molecule has 1 aliphatic carbocycles. The lowest BCUT2D eigenvalue weighted by atomic mass is 10.1. The number of amides is 1. The number of nitrogens with one attached hydrogen (secondary N) is 1. The molecule has 2 rings (SSSR count). The number of carbonyl (C=O) groups excluding carboxylic acids is 1. The molecule has 0 aliphatic heterocycles. The Morgan fingerprint density at radius 1 is 1.56 bits per heavy atom. The highest BCUT2D eigenvalue weighted by atomic mass is 16.6. The van der Waals surface area contributed by atoms with Crippen LogP contribution in [0.25, 0.3) is 0 Å². The summed E-state index contributed by atoms with van der Waals surface area (Å²) in [6, 6.07) is 4.85. The fourth-order valence-electron chi connectivity index (χ4n) is 2.03. The molecule has 18 heavy (non-hydrogen) atoms. The molecule has 0 spiro atoms. The van der Waals surface area contributed by atoms with Crippen molar-refractivity contribution in [3.63, 3.8) is 0 Å². The first-order chi connectivity index (χ1) is 8.52. The van der Waals surface area contributed by atoms with Crippen molar-refractivity contribution in [2.75, 3.05) is 5.32 Å². The lowest BCUT2D eigenvalue weighted by Crippen LogP contribution is -2.14. The van der Waals surface area contributed by atoms with E-state index in [2.05, 4.69) is 5.32 Å². The second-order valence-electron chi connectivity index (χ2n) is 4.76. The quantitative estimate of drug-likeness (QED) is 0.657. The van der Waals surface area contributed by atoms with Crippen molar-refractivity contribution in [2.45, 2.75) is 26.7 Å². The summed E-state index contributed by atoms with van der Waals surface area (Å²) >= 11 is 0. The van der Waals surface area contributed by atoms with Crippen molar-refractivity contribution in [2.24, 2.45) is 11.8 Å². The molecule has 0 aromatic heterocycles. The number of hydrogen-bond acceptors (Lipinski definition) is 3. The van der Waals surface area contributed by atoms with Crippen LogP contribution in [-0.4, -0.2) is 10.8 Å². The Bertz CT molecular complexity index is 499. The summed E-state index contributed by atoms with van der Waals surface area (Å²) in [6.07, 6.45) is 1.51. The van der Waals surface area contributed by atoms with Gasteiger partial charge in [-0.25, -0.2) is 0 Å². The average molecular weight is 248 g/mol. The maximum absolute atomic E-state index is 11.7. The predicted molar refractivity (Wildman–Crippen MR) is 68.4 cm³/mol. The monoisotopic (exact) mass is 248 g/mol. The first-order valence-corrected chi connectivity index (χ1v) is 6.11. The van der Waals surface area contributed by atoms with Crippen LogP contribution in [0.3, 0.4) is 0 Å². The van der Waals surface area contributed by atoms with Gasteiger partial charge in [-0.1, -0.05) is 19.9 Å². The van der Waals surface area contributed by atoms with Gasteiger partial charge < -0.3 is 5.32 Å². The molecule has 1 aromatic rings. The van der Waals surface area contributed by atoms with Crippen LogP contribution < -0.4 is 5.32 Å². The Morgan fingerprint density at radius 2 is 2.22 bits per heavy atom. The lowest BCUT2D eigenvalue weighted by Gasteiger charge is -2.06. The summed E-state index contributed by atoms with van der Waals surface area (Å²) in [4.78, 5) is 22.2. The molecular formula is C13H16N2O3. The molecule has 2 unspecified atom stereocenters. The molecule has 96 valence electrons. The van der Waals surface area contributed by atoms with Crippen molar-refractivity contribution in [1.82, 2.24) is 0 Å². The van der Waals surface area contributed by atoms with E-state index in [0.29, 0.717) is 23.6 Å². The highest BCUT2D eigenvalue weighted by Crippen LogP contribution is 2.38. The number of hydrogen-bond donors (Lipinski definition) is 1. The van der Waals surface area contributed by atoms with Crippen LogP contribution in [0.15, 0.2) is 18.2 Å². The molecule has 1 fully saturated rings. The van der Waals surface area contributed by atoms with E-state index in [9.17, 15) is 14.9 Å². The third-order valence-electron chi connectivity index (χ3n) is 3.38. The first-order valence-electron chi connectivity index (χ1n) is 6.11. The molecule has 1 aromatic carbocycles. The van der Waals surface area contributed by atoms with Gasteiger partial charge in [0.15, 0.2) is 0 Å². The number of nitrogens with zero attached hydrogens (tertiary/aromatic N) is 1. The van der Waals surface area contributed by atoms with Crippen LogP contribution in [-0.2, 0) is 11.2 Å². The molecule has 0 bridgehead atoms. The minimum atomic E-state index is -0.408. The van der Waals surface area contributed by atoms with E-state index in [1.54, 1.807) is 12.1 Å². The third kappa shape index (κ3) is 2.50. The van der Waals surface area contributed by atoms with Gasteiger partial charge in [-0.3, -0.25) is 14.9 Å². The third-order valence-corrected chi connectivity index (χ3v) is 3.38. The summed E-state index contributed by atoms with van der Waals surface area (Å²) in [5.74, 6) is 0.450. The van der Waals surface area contributed by atoms with Crippen molar-refractivity contribution in [3.8, 4) is 0 Å². The predicted octanol–water partition coefficient (Wildman–Crippen LogP) is 2.75. The van der Waals surface area contributed by atoms with Gasteiger partial charge in [0, 0.05) is 23.2 Å². The van der Waals surface area contributed by atoms with Crippen molar-refractivity contribution < 1.29 is 9.72 Å². The Morgan fingerprint density at radius 3 is 2.72 bits per heavy atom. The average Bonchev–Trinajstić information content (AvgIpc) is 3.06. The molecular weight excluding hydrogens is 232 g/mol. The molecule has 1 N–H and O–H groups in total. The van der Waals surface area contributed by atoms with E-state index in [0.717, 1.165) is 6.42 Å². The summed E-state index contributed by atoms with van der Waals surface area (Å²) in [6.45, 7) is 3.89. The van der Waals surface area contributed by atoms with Gasteiger partial charge in [0.25, 0.3) is 5.69 Å². The van der Waals surface area contributed by atoms with E-state index in [-0.39, 0.29) is 17.5 Å². The van der Waals surface area contributed by atoms with E-state index >= 15 is 0 Å². The number of rotatable bonds is 4. The summed E-state index contributed by atoms with van der Waals surface area (Å²) in [5, 5.41) is 13.6. The van der Waals surface area contributed by atoms with Crippen LogP contribution in [0, 0.1) is 22.0 Å². The first kappa shape index (κ1) is 12.5. The van der Waals surface area contributed by atoms with Gasteiger partial charge in [-0.2, -0.15) is 0 Å². The number of nitro groups is 1. The molecule has 0 heterocycles. The Balaban J connectivity index is 2.16. The van der Waals surface area contributed by atoms with Crippen molar-refractivity contribution in [3.05, 3.63) is 33.9 Å². The Labute approximate surface area is 105 Å². The van der Waals surface area contributed by atoms with E-state index in [4.69, 9.17) is 0 Å². The summed E-state index contributed by atoms with van der Waals surface area (Å²) < 4.78 is 0. The maximum atomic E-state index is 11.7. The van der Waals surface area contributed by atoms with Gasteiger partial charge in [-0.15, -0.1) is 0 Å². The SMILES string of the molecule is CCc1ccc(NC(=O)C2CC2C)cc1[N+](=O)[O-]. The van der Waals surface area contributed by atoms with Gasteiger partial charge in [-0.05, 0) is 24.8 Å². The Hall–Kier alpha value is -1.91. The van der Waals surface area contributed by atoms with Gasteiger partial charge in [0.05, 0.1) is 4.92 Å². The zero-order valence-corrected chi connectivity index (χ0v) is 10.5. The largest absolute Gasteiger partial charge is 0.326 e. The molecule has 1 aliphatic rings. The van der Waals surface area contributed by atoms with Crippen molar-refractivity contribution in [1.29, 1.82) is 0 Å². The minimum absolute atomic E-state index is 0.0407. The van der Waals surface area contributed by atoms with Crippen LogP contribution in [0.1, 0.15) is 25.8 Å². The van der Waals surface area contributed by atoms with Crippen LogP contribution in [0.2, 0.25) is 0 Å². The zero-order valence-electron chi connectivity index (χ0n) is 10.5. The molecule has 0 saturated heterocycles. The molecule has 0 radical (unpaired) electrons. The molecule has 5 nitrogen and oxygen atoms in total. The zero-order chi connectivity index (χ0) is 13.3. The maximum Gasteiger partial charge on any atom is 0.274 e. The van der Waals surface area contributed by atoms with Gasteiger partial charge >= 0.3 is 0 Å². The van der Waals surface area contributed by atoms with E-state index in [1.165, 1.54) is 6.07 Å². The number of carbonyl (C=O) groups is 1. The Kier molecular flexibility index (Phi) is 3.32. The second-order valence-corrected chi connectivity index (χ2v) is 4.76. The van der Waals surface area contributed by atoms with Crippen LogP contribution in [0.4, 0.5) is 11.4 Å². The highest BCUT2D eigenvalue weighted by Gasteiger charge is 2.39. The number of benzene rings is 1. The normalized spacial score (nSPS) is 21.4. The fraction of sp³-hybridized carbons (Fsp3) is 0.462. The number of nitro benzene ring substituents is 1. The standard InChI is InChI=1S/C13H16N2O3/c1-3-9-4-5-10(7-12(9)15(17)18)14-13(16)11-6-8(11)2/h4-5,7-8,11H,3,6H2,1-2H3,(H,14,16). The van der Waals surface area contributed by atoms with Crippen LogP contribution >= 0.6 is 0 Å². The molecule has 2 atom stereocenters. The van der Waals surface area contributed by atoms with Crippen molar-refractivity contribution >= 4 is 17.3 Å². The van der Waals surface area contributed by atoms with E-state index < -0.39 is 4.92 Å². The number of anilines is 1. The lowest BCUT2D eigenvalue weighted by molar-refractivity contribution is -0.385. The second kappa shape index (κ2) is 4.76. The molecule has 1 amide bonds. The smallest absolute Gasteiger partial charge is 0.274 e. The number of aryl methyl sites for hydroxylation is 1. The minimum Gasteiger partial charge on any atom is -0.326 e. The summed E-state index contributed by atoms with van der Waals surface area (Å²) in [7, 11) is 0. The molecule has 1 saturated carbocycles. The molecule has 5 heteroatoms. The van der Waals surface area contributed by atoms with Gasteiger partial charge in [0.1, 0.15) is 0 Å². The topological polar surface area (TPSA) is 72.2 Å². The van der Waals surface area contributed by atoms with Gasteiger partial charge in [0.2, 0.25) is 5.91 Å². The highest BCUT2D eigenvalue weighted by molar-refractivity contribution is 5.94. The van der Waals surface area contributed by atoms with E-state index in [1.807, 2.05) is 13.8 Å². The summed E-state index contributed by atoms with van der Waals surface area (Å²) in [5.41, 5.74) is 1.25. The van der Waals surface area contributed by atoms with Crippen LogP contribution in [0.5, 0.6) is 0 Å². The fourth-order valence-corrected chi connectivity index (χ4v) is 2.03.